The third-order valence-electron chi connectivity index (χ3n) is 1.80. The molecule has 3 nitrogen and oxygen atoms in total. The molecule has 1 aromatic carbocycles. The van der Waals surface area contributed by atoms with E-state index in [1.165, 1.54) is 0 Å². The number of anilines is 1. The van der Waals surface area contributed by atoms with Crippen LogP contribution in [0.4, 0.5) is 5.69 Å². The smallest absolute Gasteiger partial charge is 0.320 e. The molecule has 1 aromatic rings. The number of hydrogen-bond acceptors (Lipinski definition) is 1. The maximum atomic E-state index is 8.56. The first-order valence-corrected chi connectivity index (χ1v) is 3.46. The molecule has 0 saturated heterocycles. The molecular weight excluding hydrogens is 138 g/mol. The molecule has 0 radical (unpaired) electrons. The molecule has 1 N–H and O–H groups in total. The Bertz CT molecular complexity index is 337. The molecule has 0 fully saturated rings. The molecule has 0 aromatic heterocycles. The average molecular weight is 145 g/mol. The number of rotatable bonds is 0. The second-order valence-electron chi connectivity index (χ2n) is 2.45. The van der Waals surface area contributed by atoms with E-state index in [9.17, 15) is 0 Å². The Morgan fingerprint density at radius 3 is 3.00 bits per heavy atom. The molecule has 0 bridgehead atoms. The van der Waals surface area contributed by atoms with E-state index in [1.54, 1.807) is 0 Å². The van der Waals surface area contributed by atoms with Gasteiger partial charge in [0.25, 0.3) is 0 Å². The average Bonchev–Trinajstić information content (AvgIpc) is 2.47. The van der Waals surface area contributed by atoms with E-state index >= 15 is 0 Å². The first-order chi connectivity index (χ1) is 5.42. The van der Waals surface area contributed by atoms with Crippen molar-refractivity contribution >= 4 is 11.4 Å². The Hall–Kier alpha value is -1.60. The Kier molecular flexibility index (Phi) is 1.24. The van der Waals surface area contributed by atoms with Crippen molar-refractivity contribution in [1.82, 2.24) is 0 Å². The van der Waals surface area contributed by atoms with Crippen molar-refractivity contribution in [3.8, 4) is 0 Å². The van der Waals surface area contributed by atoms with Crippen LogP contribution in [0.5, 0.6) is 0 Å². The van der Waals surface area contributed by atoms with Gasteiger partial charge in [-0.25, -0.2) is 0 Å². The molecule has 0 saturated carbocycles. The molecule has 3 heteroatoms. The van der Waals surface area contributed by atoms with Gasteiger partial charge in [0, 0.05) is 5.69 Å². The van der Waals surface area contributed by atoms with Gasteiger partial charge in [-0.05, 0) is 12.1 Å². The fraction of sp³-hybridized carbons (Fsp3) is 0.125. The number of hydrogen-bond donors (Lipinski definition) is 1. The summed E-state index contributed by atoms with van der Waals surface area (Å²) in [4.78, 5) is 3.18. The van der Waals surface area contributed by atoms with Gasteiger partial charge in [-0.3, -0.25) is 0 Å². The topological polar surface area (TPSA) is 48.4 Å². The molecule has 0 spiro atoms. The summed E-state index contributed by atoms with van der Waals surface area (Å²) in [6.07, 6.45) is 0. The van der Waals surface area contributed by atoms with Crippen LogP contribution in [0.1, 0.15) is 5.56 Å². The predicted molar refractivity (Wildman–Crippen MR) is 42.7 cm³/mol. The van der Waals surface area contributed by atoms with Crippen molar-refractivity contribution in [1.29, 1.82) is 0 Å². The van der Waals surface area contributed by atoms with Crippen LogP contribution in [0.2, 0.25) is 0 Å². The first-order valence-electron chi connectivity index (χ1n) is 3.46. The SMILES string of the molecule is [N-]=[N+]=C1CNc2ccccc21. The summed E-state index contributed by atoms with van der Waals surface area (Å²) < 4.78 is 0. The summed E-state index contributed by atoms with van der Waals surface area (Å²) in [7, 11) is 0. The summed E-state index contributed by atoms with van der Waals surface area (Å²) in [6, 6.07) is 7.78. The van der Waals surface area contributed by atoms with Gasteiger partial charge in [0.1, 0.15) is 6.54 Å². The Balaban J connectivity index is 2.64. The Morgan fingerprint density at radius 1 is 1.36 bits per heavy atom. The summed E-state index contributed by atoms with van der Waals surface area (Å²) in [6.45, 7) is 0.621. The lowest BCUT2D eigenvalue weighted by atomic mass is 10.1. The van der Waals surface area contributed by atoms with Crippen molar-refractivity contribution in [2.45, 2.75) is 0 Å². The van der Waals surface area contributed by atoms with E-state index in [-0.39, 0.29) is 0 Å². The molecule has 11 heavy (non-hydrogen) atoms. The number of para-hydroxylation sites is 1. The minimum atomic E-state index is 0.621. The molecule has 0 unspecified atom stereocenters. The molecule has 1 aliphatic heterocycles. The standard InChI is InChI=1S/C8H7N3/c9-11-8-5-10-7-4-2-1-3-6(7)8/h1-4,10H,5H2. The van der Waals surface area contributed by atoms with Crippen molar-refractivity contribution in [2.75, 3.05) is 11.9 Å². The zero-order valence-corrected chi connectivity index (χ0v) is 5.91. The largest absolute Gasteiger partial charge is 0.374 e. The number of nitrogens with one attached hydrogen (secondary N) is 1. The maximum Gasteiger partial charge on any atom is 0.320 e. The lowest BCUT2D eigenvalue weighted by molar-refractivity contribution is -0.00452. The number of benzene rings is 1. The minimum absolute atomic E-state index is 0.621. The maximum absolute atomic E-state index is 8.56. The molecule has 1 aliphatic rings. The summed E-state index contributed by atoms with van der Waals surface area (Å²) in [5.41, 5.74) is 11.3. The molecule has 54 valence electrons. The fourth-order valence-corrected chi connectivity index (χ4v) is 1.25. The molecule has 0 aliphatic carbocycles. The highest BCUT2D eigenvalue weighted by Crippen LogP contribution is 2.19. The number of fused-ring (bicyclic) bond motifs is 1. The van der Waals surface area contributed by atoms with E-state index in [2.05, 4.69) is 10.1 Å². The highest BCUT2D eigenvalue weighted by atomic mass is 15.0. The van der Waals surface area contributed by atoms with Crippen molar-refractivity contribution in [3.63, 3.8) is 0 Å². The van der Waals surface area contributed by atoms with E-state index < -0.39 is 0 Å². The lowest BCUT2D eigenvalue weighted by Crippen LogP contribution is -2.03. The monoisotopic (exact) mass is 145 g/mol. The van der Waals surface area contributed by atoms with Crippen LogP contribution in [0.15, 0.2) is 24.3 Å². The van der Waals surface area contributed by atoms with Crippen LogP contribution in [0.3, 0.4) is 0 Å². The first kappa shape index (κ1) is 6.13. The Morgan fingerprint density at radius 2 is 2.18 bits per heavy atom. The van der Waals surface area contributed by atoms with E-state index in [1.807, 2.05) is 24.3 Å². The van der Waals surface area contributed by atoms with Crippen molar-refractivity contribution < 1.29 is 4.79 Å². The molecule has 2 rings (SSSR count). The zero-order chi connectivity index (χ0) is 7.68. The molecule has 0 amide bonds. The second kappa shape index (κ2) is 2.22. The van der Waals surface area contributed by atoms with Crippen LogP contribution in [-0.4, -0.2) is 17.0 Å². The van der Waals surface area contributed by atoms with E-state index in [0.717, 1.165) is 11.3 Å². The van der Waals surface area contributed by atoms with Gasteiger partial charge in [-0.1, -0.05) is 12.1 Å². The Labute approximate surface area is 64.3 Å². The van der Waals surface area contributed by atoms with E-state index in [0.29, 0.717) is 12.3 Å². The zero-order valence-electron chi connectivity index (χ0n) is 5.91. The van der Waals surface area contributed by atoms with Crippen LogP contribution >= 0.6 is 0 Å². The highest BCUT2D eigenvalue weighted by Gasteiger charge is 2.22. The van der Waals surface area contributed by atoms with Gasteiger partial charge in [0.05, 0.1) is 5.56 Å². The molecule has 0 atom stereocenters. The van der Waals surface area contributed by atoms with Crippen LogP contribution in [-0.2, 0) is 0 Å². The van der Waals surface area contributed by atoms with Gasteiger partial charge >= 0.3 is 5.71 Å². The van der Waals surface area contributed by atoms with Gasteiger partial charge in [-0.15, -0.1) is 0 Å². The molecule has 1 heterocycles. The summed E-state index contributed by atoms with van der Waals surface area (Å²) in [5.74, 6) is 0. The predicted octanol–water partition coefficient (Wildman–Crippen LogP) is 1.13. The van der Waals surface area contributed by atoms with Gasteiger partial charge in [0.2, 0.25) is 0 Å². The van der Waals surface area contributed by atoms with Crippen molar-refractivity contribution in [2.24, 2.45) is 0 Å². The van der Waals surface area contributed by atoms with Crippen LogP contribution in [0, 0.1) is 0 Å². The minimum Gasteiger partial charge on any atom is -0.374 e. The lowest BCUT2D eigenvalue weighted by Gasteiger charge is -1.91. The molecular formula is C8H7N3. The number of nitrogens with zero attached hydrogens (tertiary/aromatic N) is 2. The normalized spacial score (nSPS) is 13.6. The van der Waals surface area contributed by atoms with E-state index in [4.69, 9.17) is 5.53 Å². The van der Waals surface area contributed by atoms with Gasteiger partial charge in [-0.2, -0.15) is 4.79 Å². The highest BCUT2D eigenvalue weighted by molar-refractivity contribution is 6.07. The van der Waals surface area contributed by atoms with Crippen LogP contribution < -0.4 is 5.32 Å². The summed E-state index contributed by atoms with van der Waals surface area (Å²) in [5, 5.41) is 3.11. The third-order valence-corrected chi connectivity index (χ3v) is 1.80. The third kappa shape index (κ3) is 0.827. The van der Waals surface area contributed by atoms with Crippen LogP contribution in [0.25, 0.3) is 5.53 Å². The second-order valence-corrected chi connectivity index (χ2v) is 2.45. The fourth-order valence-electron chi connectivity index (χ4n) is 1.25. The summed E-state index contributed by atoms with van der Waals surface area (Å²) >= 11 is 0. The van der Waals surface area contributed by atoms with Gasteiger partial charge < -0.3 is 10.8 Å². The quantitative estimate of drug-likeness (QED) is 0.431. The van der Waals surface area contributed by atoms with Gasteiger partial charge in [0.15, 0.2) is 0 Å². The van der Waals surface area contributed by atoms with Crippen molar-refractivity contribution in [3.05, 3.63) is 35.4 Å².